The minimum absolute atomic E-state index is 0.0435. The van der Waals surface area contributed by atoms with Gasteiger partial charge >= 0.3 is 0 Å². The van der Waals surface area contributed by atoms with E-state index in [1.54, 1.807) is 17.5 Å². The molecule has 0 saturated heterocycles. The lowest BCUT2D eigenvalue weighted by atomic mass is 10.2. The highest BCUT2D eigenvalue weighted by Gasteiger charge is 2.15. The molecule has 0 saturated carbocycles. The zero-order valence-corrected chi connectivity index (χ0v) is 14.6. The largest absolute Gasteiger partial charge is 0.346 e. The van der Waals surface area contributed by atoms with E-state index in [4.69, 9.17) is 0 Å². The van der Waals surface area contributed by atoms with Crippen molar-refractivity contribution in [2.75, 3.05) is 0 Å². The van der Waals surface area contributed by atoms with E-state index >= 15 is 0 Å². The molecule has 124 valence electrons. The molecule has 0 fully saturated rings. The van der Waals surface area contributed by atoms with Crippen LogP contribution in [0.3, 0.4) is 0 Å². The van der Waals surface area contributed by atoms with Crippen molar-refractivity contribution in [2.45, 2.75) is 32.9 Å². The third-order valence-electron chi connectivity index (χ3n) is 3.77. The highest BCUT2D eigenvalue weighted by Crippen LogP contribution is 2.23. The van der Waals surface area contributed by atoms with Crippen LogP contribution < -0.4 is 5.32 Å². The SMILES string of the molecule is CCn1ccnc1[C@H](C)NC(=O)Cc1csc(-c2ccccc2)n1. The number of nitrogens with zero attached hydrogens (tertiary/aromatic N) is 3. The molecule has 0 radical (unpaired) electrons. The zero-order chi connectivity index (χ0) is 16.9. The molecule has 1 aromatic carbocycles. The van der Waals surface area contributed by atoms with Crippen molar-refractivity contribution in [3.63, 3.8) is 0 Å². The number of hydrogen-bond acceptors (Lipinski definition) is 4. The van der Waals surface area contributed by atoms with Crippen molar-refractivity contribution in [3.05, 3.63) is 59.6 Å². The quantitative estimate of drug-likeness (QED) is 0.748. The van der Waals surface area contributed by atoms with Crippen molar-refractivity contribution in [1.82, 2.24) is 19.9 Å². The summed E-state index contributed by atoms with van der Waals surface area (Å²) in [5, 5.41) is 5.88. The van der Waals surface area contributed by atoms with Gasteiger partial charge in [-0.25, -0.2) is 9.97 Å². The summed E-state index contributed by atoms with van der Waals surface area (Å²) in [7, 11) is 0. The molecule has 0 unspecified atom stereocenters. The molecule has 1 amide bonds. The van der Waals surface area contributed by atoms with Crippen LogP contribution >= 0.6 is 11.3 Å². The molecule has 1 N–H and O–H groups in total. The molecule has 6 heteroatoms. The van der Waals surface area contributed by atoms with Crippen LogP contribution in [0.25, 0.3) is 10.6 Å². The normalized spacial score (nSPS) is 12.1. The maximum Gasteiger partial charge on any atom is 0.226 e. The maximum absolute atomic E-state index is 12.3. The lowest BCUT2D eigenvalue weighted by Crippen LogP contribution is -2.30. The molecule has 1 atom stereocenters. The van der Waals surface area contributed by atoms with E-state index in [0.29, 0.717) is 0 Å². The molecular formula is C18H20N4OS. The van der Waals surface area contributed by atoms with Crippen LogP contribution in [0.15, 0.2) is 48.1 Å². The van der Waals surface area contributed by atoms with Crippen LogP contribution in [0.1, 0.15) is 31.4 Å². The van der Waals surface area contributed by atoms with E-state index in [9.17, 15) is 4.79 Å². The third-order valence-corrected chi connectivity index (χ3v) is 4.71. The first-order chi connectivity index (χ1) is 11.7. The Bertz CT molecular complexity index is 809. The first kappa shape index (κ1) is 16.4. The summed E-state index contributed by atoms with van der Waals surface area (Å²) < 4.78 is 2.03. The van der Waals surface area contributed by atoms with E-state index in [1.807, 2.05) is 53.4 Å². The van der Waals surface area contributed by atoms with Gasteiger partial charge in [0.15, 0.2) is 0 Å². The average molecular weight is 340 g/mol. The van der Waals surface area contributed by atoms with Gasteiger partial charge in [0.1, 0.15) is 10.8 Å². The lowest BCUT2D eigenvalue weighted by molar-refractivity contribution is -0.121. The summed E-state index contributed by atoms with van der Waals surface area (Å²) in [6, 6.07) is 9.87. The Morgan fingerprint density at radius 3 is 2.88 bits per heavy atom. The van der Waals surface area contributed by atoms with Crippen LogP contribution in [0, 0.1) is 0 Å². The number of carbonyl (C=O) groups is 1. The third kappa shape index (κ3) is 3.71. The number of rotatable bonds is 6. The molecule has 3 rings (SSSR count). The van der Waals surface area contributed by atoms with Gasteiger partial charge < -0.3 is 9.88 Å². The number of aromatic nitrogens is 3. The molecule has 0 bridgehead atoms. The minimum atomic E-state index is -0.125. The van der Waals surface area contributed by atoms with E-state index in [1.165, 1.54) is 0 Å². The molecule has 24 heavy (non-hydrogen) atoms. The number of thiazole rings is 1. The standard InChI is InChI=1S/C18H20N4OS/c1-3-22-10-9-19-17(22)13(2)20-16(23)11-15-12-24-18(21-15)14-7-5-4-6-8-14/h4-10,12-13H,3,11H2,1-2H3,(H,20,23)/t13-/m0/s1. The van der Waals surface area contributed by atoms with Crippen molar-refractivity contribution in [3.8, 4) is 10.6 Å². The Kier molecular flexibility index (Phi) is 5.05. The van der Waals surface area contributed by atoms with Crippen molar-refractivity contribution in [2.24, 2.45) is 0 Å². The van der Waals surface area contributed by atoms with E-state index in [0.717, 1.165) is 28.6 Å². The molecule has 2 aromatic heterocycles. The summed E-state index contributed by atoms with van der Waals surface area (Å²) in [5.41, 5.74) is 1.87. The molecule has 2 heterocycles. The van der Waals surface area contributed by atoms with Crippen LogP contribution in [-0.2, 0) is 17.8 Å². The van der Waals surface area contributed by atoms with E-state index in [2.05, 4.69) is 22.2 Å². The van der Waals surface area contributed by atoms with E-state index in [-0.39, 0.29) is 18.4 Å². The van der Waals surface area contributed by atoms with Gasteiger partial charge in [0, 0.05) is 29.9 Å². The van der Waals surface area contributed by atoms with Gasteiger partial charge in [-0.3, -0.25) is 4.79 Å². The van der Waals surface area contributed by atoms with Gasteiger partial charge in [-0.1, -0.05) is 30.3 Å². The van der Waals surface area contributed by atoms with Crippen LogP contribution in [0.5, 0.6) is 0 Å². The Morgan fingerprint density at radius 2 is 2.12 bits per heavy atom. The highest BCUT2D eigenvalue weighted by atomic mass is 32.1. The average Bonchev–Trinajstić information content (AvgIpc) is 3.24. The fraction of sp³-hybridized carbons (Fsp3) is 0.278. The molecule has 0 aliphatic carbocycles. The first-order valence-electron chi connectivity index (χ1n) is 7.97. The monoisotopic (exact) mass is 340 g/mol. The van der Waals surface area contributed by atoms with Crippen molar-refractivity contribution < 1.29 is 4.79 Å². The topological polar surface area (TPSA) is 59.8 Å². The van der Waals surface area contributed by atoms with Gasteiger partial charge in [-0.2, -0.15) is 0 Å². The zero-order valence-electron chi connectivity index (χ0n) is 13.8. The van der Waals surface area contributed by atoms with Crippen LogP contribution in [-0.4, -0.2) is 20.4 Å². The van der Waals surface area contributed by atoms with Gasteiger partial charge in [-0.05, 0) is 13.8 Å². The summed E-state index contributed by atoms with van der Waals surface area (Å²) in [6.45, 7) is 4.84. The summed E-state index contributed by atoms with van der Waals surface area (Å²) in [4.78, 5) is 21.2. The van der Waals surface area contributed by atoms with Gasteiger partial charge in [0.2, 0.25) is 5.91 Å². The number of amides is 1. The second kappa shape index (κ2) is 7.40. The second-order valence-corrected chi connectivity index (χ2v) is 6.41. The number of carbonyl (C=O) groups excluding carboxylic acids is 1. The smallest absolute Gasteiger partial charge is 0.226 e. The second-order valence-electron chi connectivity index (χ2n) is 5.55. The molecule has 0 spiro atoms. The Morgan fingerprint density at radius 1 is 1.33 bits per heavy atom. The predicted octanol–water partition coefficient (Wildman–Crippen LogP) is 3.45. The highest BCUT2D eigenvalue weighted by molar-refractivity contribution is 7.13. The van der Waals surface area contributed by atoms with Crippen LogP contribution in [0.2, 0.25) is 0 Å². The number of benzene rings is 1. The summed E-state index contributed by atoms with van der Waals surface area (Å²) in [6.07, 6.45) is 3.96. The van der Waals surface area contributed by atoms with Gasteiger partial charge in [-0.15, -0.1) is 11.3 Å². The first-order valence-corrected chi connectivity index (χ1v) is 8.85. The Balaban J connectivity index is 1.62. The summed E-state index contributed by atoms with van der Waals surface area (Å²) in [5.74, 6) is 0.826. The predicted molar refractivity (Wildman–Crippen MR) is 95.7 cm³/mol. The minimum Gasteiger partial charge on any atom is -0.346 e. The maximum atomic E-state index is 12.3. The Hall–Kier alpha value is -2.47. The lowest BCUT2D eigenvalue weighted by Gasteiger charge is -2.14. The van der Waals surface area contributed by atoms with Crippen molar-refractivity contribution >= 4 is 17.2 Å². The van der Waals surface area contributed by atoms with E-state index < -0.39 is 0 Å². The number of nitrogens with one attached hydrogen (secondary N) is 1. The number of aryl methyl sites for hydroxylation is 1. The van der Waals surface area contributed by atoms with Gasteiger partial charge in [0.25, 0.3) is 0 Å². The number of hydrogen-bond donors (Lipinski definition) is 1. The molecular weight excluding hydrogens is 320 g/mol. The number of imidazole rings is 1. The molecule has 3 aromatic rings. The molecule has 0 aliphatic rings. The van der Waals surface area contributed by atoms with Crippen LogP contribution in [0.4, 0.5) is 0 Å². The van der Waals surface area contributed by atoms with Crippen molar-refractivity contribution in [1.29, 1.82) is 0 Å². The molecule has 5 nitrogen and oxygen atoms in total. The summed E-state index contributed by atoms with van der Waals surface area (Å²) >= 11 is 1.56. The Labute approximate surface area is 145 Å². The van der Waals surface area contributed by atoms with Gasteiger partial charge in [0.05, 0.1) is 18.2 Å². The fourth-order valence-electron chi connectivity index (χ4n) is 2.59. The fourth-order valence-corrected chi connectivity index (χ4v) is 3.42. The molecule has 0 aliphatic heterocycles.